The van der Waals surface area contributed by atoms with E-state index in [0.717, 1.165) is 20.9 Å². The number of H-pyrrole nitrogens is 1. The SMILES string of the molecule is CCOC(=O)c1[nH]c2c(Br)cc(C#N)cc2c1C. The van der Waals surface area contributed by atoms with Crippen molar-refractivity contribution in [3.8, 4) is 6.07 Å². The van der Waals surface area contributed by atoms with E-state index in [1.807, 2.05) is 6.92 Å². The number of rotatable bonds is 2. The zero-order chi connectivity index (χ0) is 13.3. The zero-order valence-electron chi connectivity index (χ0n) is 10.0. The summed E-state index contributed by atoms with van der Waals surface area (Å²) >= 11 is 3.39. The van der Waals surface area contributed by atoms with Crippen LogP contribution in [-0.4, -0.2) is 17.6 Å². The number of nitrogens with zero attached hydrogens (tertiary/aromatic N) is 1. The number of nitriles is 1. The van der Waals surface area contributed by atoms with Crippen LogP contribution in [0.2, 0.25) is 0 Å². The molecule has 0 fully saturated rings. The normalized spacial score (nSPS) is 10.3. The van der Waals surface area contributed by atoms with Crippen LogP contribution in [0.15, 0.2) is 16.6 Å². The first-order valence-electron chi connectivity index (χ1n) is 5.47. The second kappa shape index (κ2) is 4.83. The number of carbonyl (C=O) groups is 1. The molecule has 18 heavy (non-hydrogen) atoms. The minimum atomic E-state index is -0.378. The van der Waals surface area contributed by atoms with Crippen molar-refractivity contribution in [2.45, 2.75) is 13.8 Å². The van der Waals surface area contributed by atoms with E-state index in [-0.39, 0.29) is 5.97 Å². The Balaban J connectivity index is 2.67. The molecule has 0 spiro atoms. The first-order valence-corrected chi connectivity index (χ1v) is 6.26. The zero-order valence-corrected chi connectivity index (χ0v) is 11.6. The number of hydrogen-bond donors (Lipinski definition) is 1. The minimum absolute atomic E-state index is 0.332. The molecule has 0 saturated carbocycles. The van der Waals surface area contributed by atoms with E-state index in [9.17, 15) is 4.79 Å². The Morgan fingerprint density at radius 3 is 2.89 bits per heavy atom. The highest BCUT2D eigenvalue weighted by atomic mass is 79.9. The van der Waals surface area contributed by atoms with Crippen molar-refractivity contribution >= 4 is 32.8 Å². The standard InChI is InChI=1S/C13H11BrN2O2/c1-3-18-13(17)11-7(2)9-4-8(6-15)5-10(14)12(9)16-11/h4-5,16H,3H2,1-2H3. The van der Waals surface area contributed by atoms with Gasteiger partial charge in [0.2, 0.25) is 0 Å². The average Bonchev–Trinajstić information content (AvgIpc) is 2.68. The van der Waals surface area contributed by atoms with Crippen LogP contribution >= 0.6 is 15.9 Å². The number of carbonyl (C=O) groups excluding carboxylic acids is 1. The van der Waals surface area contributed by atoms with Crippen molar-refractivity contribution in [2.24, 2.45) is 0 Å². The number of ether oxygens (including phenoxy) is 1. The summed E-state index contributed by atoms with van der Waals surface area (Å²) in [6.07, 6.45) is 0. The Morgan fingerprint density at radius 1 is 1.56 bits per heavy atom. The van der Waals surface area contributed by atoms with E-state index in [4.69, 9.17) is 10.00 Å². The van der Waals surface area contributed by atoms with Crippen LogP contribution in [0.4, 0.5) is 0 Å². The van der Waals surface area contributed by atoms with Gasteiger partial charge in [0.1, 0.15) is 5.69 Å². The van der Waals surface area contributed by atoms with Gasteiger partial charge in [-0.2, -0.15) is 5.26 Å². The Morgan fingerprint density at radius 2 is 2.28 bits per heavy atom. The van der Waals surface area contributed by atoms with E-state index < -0.39 is 0 Å². The number of fused-ring (bicyclic) bond motifs is 1. The molecule has 92 valence electrons. The molecule has 1 aromatic heterocycles. The summed E-state index contributed by atoms with van der Waals surface area (Å²) < 4.78 is 5.74. The molecule has 0 atom stereocenters. The highest BCUT2D eigenvalue weighted by Gasteiger charge is 2.17. The summed E-state index contributed by atoms with van der Waals surface area (Å²) in [5, 5.41) is 9.79. The summed E-state index contributed by atoms with van der Waals surface area (Å²) in [6, 6.07) is 5.56. The maximum Gasteiger partial charge on any atom is 0.355 e. The van der Waals surface area contributed by atoms with Crippen molar-refractivity contribution in [1.82, 2.24) is 4.98 Å². The third kappa shape index (κ3) is 2.00. The number of benzene rings is 1. The minimum Gasteiger partial charge on any atom is -0.461 e. The molecule has 0 unspecified atom stereocenters. The first kappa shape index (κ1) is 12.7. The lowest BCUT2D eigenvalue weighted by molar-refractivity contribution is 0.0520. The highest BCUT2D eigenvalue weighted by Crippen LogP contribution is 2.29. The summed E-state index contributed by atoms with van der Waals surface area (Å²) in [5.74, 6) is -0.378. The Kier molecular flexibility index (Phi) is 3.39. The lowest BCUT2D eigenvalue weighted by atomic mass is 10.1. The number of nitrogens with one attached hydrogen (secondary N) is 1. The van der Waals surface area contributed by atoms with Crippen LogP contribution in [0.25, 0.3) is 10.9 Å². The van der Waals surface area contributed by atoms with Crippen molar-refractivity contribution < 1.29 is 9.53 Å². The molecule has 1 heterocycles. The number of aromatic nitrogens is 1. The number of hydrogen-bond acceptors (Lipinski definition) is 3. The van der Waals surface area contributed by atoms with Crippen molar-refractivity contribution in [1.29, 1.82) is 5.26 Å². The topological polar surface area (TPSA) is 65.9 Å². The van der Waals surface area contributed by atoms with Gasteiger partial charge in [-0.25, -0.2) is 4.79 Å². The van der Waals surface area contributed by atoms with Gasteiger partial charge in [-0.1, -0.05) is 0 Å². The smallest absolute Gasteiger partial charge is 0.355 e. The maximum absolute atomic E-state index is 11.8. The van der Waals surface area contributed by atoms with Gasteiger partial charge in [-0.15, -0.1) is 0 Å². The molecule has 0 amide bonds. The fourth-order valence-electron chi connectivity index (χ4n) is 1.85. The van der Waals surface area contributed by atoms with Crippen LogP contribution in [-0.2, 0) is 4.74 Å². The molecule has 2 rings (SSSR count). The third-order valence-corrected chi connectivity index (χ3v) is 3.35. The molecule has 1 aromatic carbocycles. The Labute approximate surface area is 113 Å². The van der Waals surface area contributed by atoms with Crippen LogP contribution in [0.5, 0.6) is 0 Å². The Bertz CT molecular complexity index is 668. The van der Waals surface area contributed by atoms with Crippen molar-refractivity contribution in [2.75, 3.05) is 6.61 Å². The van der Waals surface area contributed by atoms with Gasteiger partial charge in [0.15, 0.2) is 0 Å². The molecule has 2 aromatic rings. The van der Waals surface area contributed by atoms with Gasteiger partial charge in [-0.05, 0) is 47.5 Å². The molecular weight excluding hydrogens is 296 g/mol. The van der Waals surface area contributed by atoms with Gasteiger partial charge < -0.3 is 9.72 Å². The largest absolute Gasteiger partial charge is 0.461 e. The summed E-state index contributed by atoms with van der Waals surface area (Å²) in [6.45, 7) is 3.93. The fourth-order valence-corrected chi connectivity index (χ4v) is 2.41. The molecule has 1 N–H and O–H groups in total. The van der Waals surface area contributed by atoms with Crippen LogP contribution in [0, 0.1) is 18.3 Å². The Hall–Kier alpha value is -1.80. The molecular formula is C13H11BrN2O2. The van der Waals surface area contributed by atoms with Crippen molar-refractivity contribution in [3.05, 3.63) is 33.4 Å². The molecule has 0 bridgehead atoms. The maximum atomic E-state index is 11.8. The molecule has 5 heteroatoms. The monoisotopic (exact) mass is 306 g/mol. The quantitative estimate of drug-likeness (QED) is 0.866. The fraction of sp³-hybridized carbons (Fsp3) is 0.231. The van der Waals surface area contributed by atoms with Gasteiger partial charge in [0.25, 0.3) is 0 Å². The predicted molar refractivity (Wildman–Crippen MR) is 71.4 cm³/mol. The summed E-state index contributed by atoms with van der Waals surface area (Å²) in [7, 11) is 0. The number of aromatic amines is 1. The van der Waals surface area contributed by atoms with Crippen LogP contribution in [0.3, 0.4) is 0 Å². The molecule has 0 aliphatic heterocycles. The van der Waals surface area contributed by atoms with Gasteiger partial charge in [-0.3, -0.25) is 0 Å². The van der Waals surface area contributed by atoms with Crippen molar-refractivity contribution in [3.63, 3.8) is 0 Å². The molecule has 0 aliphatic rings. The summed E-state index contributed by atoms with van der Waals surface area (Å²) in [4.78, 5) is 14.8. The second-order valence-electron chi connectivity index (χ2n) is 3.84. The van der Waals surface area contributed by atoms with E-state index in [1.165, 1.54) is 0 Å². The van der Waals surface area contributed by atoms with E-state index >= 15 is 0 Å². The lowest BCUT2D eigenvalue weighted by Crippen LogP contribution is -2.06. The van der Waals surface area contributed by atoms with E-state index in [1.54, 1.807) is 19.1 Å². The first-order chi connectivity index (χ1) is 8.58. The van der Waals surface area contributed by atoms with Crippen LogP contribution in [0.1, 0.15) is 28.5 Å². The van der Waals surface area contributed by atoms with Gasteiger partial charge >= 0.3 is 5.97 Å². The average molecular weight is 307 g/mol. The molecule has 0 saturated heterocycles. The number of halogens is 1. The third-order valence-electron chi connectivity index (χ3n) is 2.73. The summed E-state index contributed by atoms with van der Waals surface area (Å²) in [5.41, 5.74) is 2.57. The number of aryl methyl sites for hydroxylation is 1. The number of esters is 1. The lowest BCUT2D eigenvalue weighted by Gasteiger charge is -1.99. The molecule has 0 aliphatic carbocycles. The van der Waals surface area contributed by atoms with Gasteiger partial charge in [0.05, 0.1) is 23.8 Å². The highest BCUT2D eigenvalue weighted by molar-refractivity contribution is 9.10. The molecule has 0 radical (unpaired) electrons. The second-order valence-corrected chi connectivity index (χ2v) is 4.69. The predicted octanol–water partition coefficient (Wildman–Crippen LogP) is 3.29. The van der Waals surface area contributed by atoms with E-state index in [0.29, 0.717) is 17.9 Å². The van der Waals surface area contributed by atoms with Crippen LogP contribution < -0.4 is 0 Å². The molecule has 4 nitrogen and oxygen atoms in total. The van der Waals surface area contributed by atoms with Gasteiger partial charge in [0, 0.05) is 9.86 Å². The van der Waals surface area contributed by atoms with E-state index in [2.05, 4.69) is 27.0 Å².